The molecule has 0 unspecified atom stereocenters. The standard InChI is InChI=1S/C14H18N3OSi/c1-10-5-6-12(14(7-10)18-19(3)4)17-11(2)13-8-15-9-16-13/h5-9H,1-4H3,(H,15,16). The fraction of sp³-hybridized carbons (Fsp3) is 0.286. The average Bonchev–Trinajstić information content (AvgIpc) is 2.85. The summed E-state index contributed by atoms with van der Waals surface area (Å²) in [6.07, 6.45) is 3.42. The van der Waals surface area contributed by atoms with Gasteiger partial charge in [-0.15, -0.1) is 0 Å². The third-order valence-electron chi connectivity index (χ3n) is 2.61. The molecule has 0 spiro atoms. The number of benzene rings is 1. The second kappa shape index (κ2) is 5.84. The predicted octanol–water partition coefficient (Wildman–Crippen LogP) is 3.49. The Balaban J connectivity index is 2.36. The van der Waals surface area contributed by atoms with Crippen LogP contribution in [-0.2, 0) is 0 Å². The quantitative estimate of drug-likeness (QED) is 0.684. The van der Waals surface area contributed by atoms with Gasteiger partial charge in [-0.3, -0.25) is 0 Å². The lowest BCUT2D eigenvalue weighted by atomic mass is 10.2. The van der Waals surface area contributed by atoms with E-state index in [-0.39, 0.29) is 0 Å². The van der Waals surface area contributed by atoms with Crippen molar-refractivity contribution in [1.82, 2.24) is 9.97 Å². The Hall–Kier alpha value is -1.88. The number of hydrogen-bond donors (Lipinski definition) is 1. The van der Waals surface area contributed by atoms with Crippen LogP contribution in [0.1, 0.15) is 18.2 Å². The van der Waals surface area contributed by atoms with Gasteiger partial charge in [0.25, 0.3) is 9.04 Å². The number of nitrogens with zero attached hydrogens (tertiary/aromatic N) is 2. The molecule has 0 amide bonds. The molecule has 0 saturated carbocycles. The maximum atomic E-state index is 5.91. The smallest absolute Gasteiger partial charge is 0.274 e. The van der Waals surface area contributed by atoms with Crippen LogP contribution < -0.4 is 4.43 Å². The van der Waals surface area contributed by atoms with Gasteiger partial charge in [-0.25, -0.2) is 9.98 Å². The summed E-state index contributed by atoms with van der Waals surface area (Å²) >= 11 is 0. The average molecular weight is 272 g/mol. The zero-order valence-corrected chi connectivity index (χ0v) is 12.7. The number of aryl methyl sites for hydroxylation is 1. The Morgan fingerprint density at radius 3 is 2.79 bits per heavy atom. The van der Waals surface area contributed by atoms with Gasteiger partial charge in [0.05, 0.1) is 23.9 Å². The second-order valence-corrected chi connectivity index (χ2v) is 6.66. The minimum absolute atomic E-state index is 0.803. The molecule has 4 nitrogen and oxygen atoms in total. The Morgan fingerprint density at radius 1 is 1.37 bits per heavy atom. The lowest BCUT2D eigenvalue weighted by molar-refractivity contribution is 0.581. The van der Waals surface area contributed by atoms with Crippen LogP contribution in [0, 0.1) is 6.92 Å². The van der Waals surface area contributed by atoms with Crippen LogP contribution in [0.5, 0.6) is 5.75 Å². The van der Waals surface area contributed by atoms with Crippen LogP contribution in [0.25, 0.3) is 0 Å². The summed E-state index contributed by atoms with van der Waals surface area (Å²) in [4.78, 5) is 11.7. The van der Waals surface area contributed by atoms with E-state index in [9.17, 15) is 0 Å². The molecule has 1 heterocycles. The maximum absolute atomic E-state index is 5.91. The number of aliphatic imine (C=N–C) groups is 1. The molecule has 1 radical (unpaired) electrons. The molecule has 0 bridgehead atoms. The Kier molecular flexibility index (Phi) is 4.16. The van der Waals surface area contributed by atoms with Crippen LogP contribution in [0.3, 0.4) is 0 Å². The molecule has 1 N–H and O–H groups in total. The normalized spacial score (nSPS) is 11.9. The van der Waals surface area contributed by atoms with Crippen molar-refractivity contribution in [2.75, 3.05) is 0 Å². The van der Waals surface area contributed by atoms with Crippen molar-refractivity contribution in [3.05, 3.63) is 42.0 Å². The summed E-state index contributed by atoms with van der Waals surface area (Å²) < 4.78 is 5.91. The van der Waals surface area contributed by atoms with Gasteiger partial charge < -0.3 is 9.41 Å². The van der Waals surface area contributed by atoms with Crippen LogP contribution in [0.4, 0.5) is 5.69 Å². The first-order valence-corrected chi connectivity index (χ1v) is 8.60. The van der Waals surface area contributed by atoms with Crippen LogP contribution >= 0.6 is 0 Å². The molecule has 0 fully saturated rings. The number of nitrogens with one attached hydrogen (secondary N) is 1. The van der Waals surface area contributed by atoms with E-state index in [0.29, 0.717) is 0 Å². The highest BCUT2D eigenvalue weighted by molar-refractivity contribution is 6.49. The molecule has 1 aromatic carbocycles. The lowest BCUT2D eigenvalue weighted by Crippen LogP contribution is -2.11. The zero-order valence-electron chi connectivity index (χ0n) is 11.7. The summed E-state index contributed by atoms with van der Waals surface area (Å²) in [5.74, 6) is 0.859. The minimum Gasteiger partial charge on any atom is -0.541 e. The molecule has 2 aromatic rings. The summed E-state index contributed by atoms with van der Waals surface area (Å²) in [5, 5.41) is 0. The number of aromatic amines is 1. The van der Waals surface area contributed by atoms with Crippen molar-refractivity contribution < 1.29 is 4.43 Å². The predicted molar refractivity (Wildman–Crippen MR) is 79.7 cm³/mol. The van der Waals surface area contributed by atoms with Gasteiger partial charge in [0.1, 0.15) is 11.4 Å². The third kappa shape index (κ3) is 3.54. The summed E-state index contributed by atoms with van der Waals surface area (Å²) in [6.45, 7) is 8.24. The summed E-state index contributed by atoms with van der Waals surface area (Å²) in [5.41, 5.74) is 3.86. The van der Waals surface area contributed by atoms with E-state index in [0.717, 1.165) is 22.8 Å². The molecule has 2 rings (SSSR count). The fourth-order valence-corrected chi connectivity index (χ4v) is 2.31. The van der Waals surface area contributed by atoms with Crippen LogP contribution in [0.15, 0.2) is 35.7 Å². The number of hydrogen-bond acceptors (Lipinski definition) is 3. The van der Waals surface area contributed by atoms with Crippen molar-refractivity contribution >= 4 is 20.4 Å². The SMILES string of the molecule is CC(=Nc1ccc(C)cc1O[Si](C)C)c1cnc[nH]1. The monoisotopic (exact) mass is 272 g/mol. The first-order valence-electron chi connectivity index (χ1n) is 6.19. The molecule has 0 atom stereocenters. The maximum Gasteiger partial charge on any atom is 0.274 e. The molecule has 0 aliphatic rings. The Bertz CT molecular complexity index is 576. The van der Waals surface area contributed by atoms with Crippen molar-refractivity contribution in [3.63, 3.8) is 0 Å². The highest BCUT2D eigenvalue weighted by atomic mass is 28.3. The highest BCUT2D eigenvalue weighted by Gasteiger charge is 2.08. The fourth-order valence-electron chi connectivity index (χ4n) is 1.71. The van der Waals surface area contributed by atoms with Gasteiger partial charge in [0.15, 0.2) is 0 Å². The van der Waals surface area contributed by atoms with Gasteiger partial charge in [0, 0.05) is 0 Å². The van der Waals surface area contributed by atoms with E-state index in [2.05, 4.69) is 35.0 Å². The van der Waals surface area contributed by atoms with E-state index in [4.69, 9.17) is 4.43 Å². The zero-order chi connectivity index (χ0) is 13.8. The van der Waals surface area contributed by atoms with Gasteiger partial charge in [-0.05, 0) is 44.6 Å². The van der Waals surface area contributed by atoms with Crippen LogP contribution in [-0.4, -0.2) is 24.7 Å². The first-order chi connectivity index (χ1) is 9.06. The number of aromatic nitrogens is 2. The highest BCUT2D eigenvalue weighted by Crippen LogP contribution is 2.29. The van der Waals surface area contributed by atoms with Gasteiger partial charge in [-0.1, -0.05) is 6.07 Å². The number of rotatable bonds is 4. The van der Waals surface area contributed by atoms with E-state index in [1.54, 1.807) is 12.5 Å². The van der Waals surface area contributed by atoms with Crippen LogP contribution in [0.2, 0.25) is 13.1 Å². The lowest BCUT2D eigenvalue weighted by Gasteiger charge is -2.12. The van der Waals surface area contributed by atoms with Crippen molar-refractivity contribution in [3.8, 4) is 5.75 Å². The van der Waals surface area contributed by atoms with Gasteiger partial charge >= 0.3 is 0 Å². The molecule has 5 heteroatoms. The molecule has 19 heavy (non-hydrogen) atoms. The Labute approximate surface area is 115 Å². The summed E-state index contributed by atoms with van der Waals surface area (Å²) in [7, 11) is -0.803. The molecule has 0 saturated heterocycles. The topological polar surface area (TPSA) is 50.3 Å². The van der Waals surface area contributed by atoms with Gasteiger partial charge in [0.2, 0.25) is 0 Å². The Morgan fingerprint density at radius 2 is 2.16 bits per heavy atom. The minimum atomic E-state index is -0.803. The number of H-pyrrole nitrogens is 1. The van der Waals surface area contributed by atoms with E-state index in [1.165, 1.54) is 5.56 Å². The number of imidazole rings is 1. The largest absolute Gasteiger partial charge is 0.541 e. The second-order valence-electron chi connectivity index (χ2n) is 4.64. The van der Waals surface area contributed by atoms with E-state index < -0.39 is 9.04 Å². The summed E-state index contributed by atoms with van der Waals surface area (Å²) in [6, 6.07) is 6.08. The first kappa shape index (κ1) is 13.5. The molecule has 1 aromatic heterocycles. The van der Waals surface area contributed by atoms with Crippen molar-refractivity contribution in [2.24, 2.45) is 4.99 Å². The van der Waals surface area contributed by atoms with Gasteiger partial charge in [-0.2, -0.15) is 0 Å². The molecular formula is C14H18N3OSi. The molecular weight excluding hydrogens is 254 g/mol. The van der Waals surface area contributed by atoms with E-state index in [1.807, 2.05) is 25.1 Å². The van der Waals surface area contributed by atoms with E-state index >= 15 is 0 Å². The molecule has 0 aliphatic heterocycles. The molecule has 0 aliphatic carbocycles. The molecule has 99 valence electrons. The third-order valence-corrected chi connectivity index (χ3v) is 3.23. The van der Waals surface area contributed by atoms with Crippen molar-refractivity contribution in [1.29, 1.82) is 0 Å². The van der Waals surface area contributed by atoms with Crippen molar-refractivity contribution in [2.45, 2.75) is 26.9 Å².